The summed E-state index contributed by atoms with van der Waals surface area (Å²) in [6.45, 7) is 0. The van der Waals surface area contributed by atoms with E-state index < -0.39 is 0 Å². The van der Waals surface area contributed by atoms with Crippen LogP contribution < -0.4 is 0 Å². The van der Waals surface area contributed by atoms with Crippen LogP contribution in [0.2, 0.25) is 0 Å². The number of rotatable bonds is 5. The van der Waals surface area contributed by atoms with Crippen LogP contribution >= 0.6 is 34.4 Å². The highest BCUT2D eigenvalue weighted by molar-refractivity contribution is 7.98. The SMILES string of the molecule is Cn1c(SCc2csc(-c3ccsc3)n2)nnc1-c1ccccc1. The lowest BCUT2D eigenvalue weighted by molar-refractivity contribution is 0.793. The standard InChI is InChI=1S/C17H14N4S3/c1-21-15(12-5-3-2-4-6-12)19-20-17(21)24-11-14-10-23-16(18-14)13-7-8-22-9-13/h2-10H,11H2,1H3. The van der Waals surface area contributed by atoms with Crippen molar-refractivity contribution in [3.05, 3.63) is 58.2 Å². The fraction of sp³-hybridized carbons (Fsp3) is 0.118. The van der Waals surface area contributed by atoms with E-state index in [0.717, 1.165) is 33.0 Å². The summed E-state index contributed by atoms with van der Waals surface area (Å²) in [5.74, 6) is 1.68. The zero-order valence-corrected chi connectivity index (χ0v) is 15.4. The van der Waals surface area contributed by atoms with Gasteiger partial charge in [0.1, 0.15) is 5.01 Å². The van der Waals surface area contributed by atoms with Gasteiger partial charge in [0.25, 0.3) is 0 Å². The second kappa shape index (κ2) is 6.88. The normalized spacial score (nSPS) is 11.0. The van der Waals surface area contributed by atoms with Crippen molar-refractivity contribution in [2.24, 2.45) is 7.05 Å². The molecular weight excluding hydrogens is 356 g/mol. The molecule has 0 aliphatic heterocycles. The lowest BCUT2D eigenvalue weighted by atomic mass is 10.2. The molecule has 0 saturated carbocycles. The van der Waals surface area contributed by atoms with Crippen molar-refractivity contribution in [2.45, 2.75) is 10.9 Å². The number of thiazole rings is 1. The van der Waals surface area contributed by atoms with Crippen molar-refractivity contribution >= 4 is 34.4 Å². The van der Waals surface area contributed by atoms with E-state index in [9.17, 15) is 0 Å². The molecule has 3 heterocycles. The van der Waals surface area contributed by atoms with E-state index >= 15 is 0 Å². The van der Waals surface area contributed by atoms with Crippen molar-refractivity contribution in [1.82, 2.24) is 19.7 Å². The molecule has 0 fully saturated rings. The molecule has 4 nitrogen and oxygen atoms in total. The molecule has 0 spiro atoms. The molecule has 24 heavy (non-hydrogen) atoms. The average molecular weight is 371 g/mol. The quantitative estimate of drug-likeness (QED) is 0.466. The van der Waals surface area contributed by atoms with Gasteiger partial charge in [-0.25, -0.2) is 4.98 Å². The smallest absolute Gasteiger partial charge is 0.191 e. The Hall–Kier alpha value is -1.96. The van der Waals surface area contributed by atoms with E-state index in [0.29, 0.717) is 0 Å². The van der Waals surface area contributed by atoms with Gasteiger partial charge in [0, 0.05) is 34.7 Å². The Bertz CT molecular complexity index is 926. The summed E-state index contributed by atoms with van der Waals surface area (Å²) in [6, 6.07) is 12.2. The number of hydrogen-bond acceptors (Lipinski definition) is 6. The summed E-state index contributed by atoms with van der Waals surface area (Å²) >= 11 is 5.05. The monoisotopic (exact) mass is 370 g/mol. The molecule has 3 aromatic heterocycles. The van der Waals surface area contributed by atoms with Crippen LogP contribution in [0, 0.1) is 0 Å². The van der Waals surface area contributed by atoms with Gasteiger partial charge in [0.2, 0.25) is 0 Å². The van der Waals surface area contributed by atoms with E-state index in [2.05, 4.69) is 32.4 Å². The molecule has 0 aliphatic carbocycles. The molecule has 0 atom stereocenters. The van der Waals surface area contributed by atoms with Gasteiger partial charge >= 0.3 is 0 Å². The molecular formula is C17H14N4S3. The van der Waals surface area contributed by atoms with Gasteiger partial charge in [-0.3, -0.25) is 0 Å². The molecule has 0 saturated heterocycles. The molecule has 0 unspecified atom stereocenters. The van der Waals surface area contributed by atoms with Crippen LogP contribution in [0.5, 0.6) is 0 Å². The van der Waals surface area contributed by atoms with E-state index in [1.165, 1.54) is 5.56 Å². The van der Waals surface area contributed by atoms with E-state index in [4.69, 9.17) is 4.98 Å². The first-order chi connectivity index (χ1) is 11.8. The van der Waals surface area contributed by atoms with Gasteiger partial charge < -0.3 is 4.57 Å². The largest absolute Gasteiger partial charge is 0.305 e. The number of benzene rings is 1. The fourth-order valence-electron chi connectivity index (χ4n) is 2.31. The third kappa shape index (κ3) is 3.15. The van der Waals surface area contributed by atoms with Crippen molar-refractivity contribution in [3.8, 4) is 22.0 Å². The Morgan fingerprint density at radius 3 is 2.71 bits per heavy atom. The molecule has 120 valence electrons. The van der Waals surface area contributed by atoms with E-state index in [1.807, 2.05) is 41.9 Å². The summed E-state index contributed by atoms with van der Waals surface area (Å²) in [6.07, 6.45) is 0. The molecule has 0 N–H and O–H groups in total. The number of hydrogen-bond donors (Lipinski definition) is 0. The minimum absolute atomic E-state index is 0.793. The third-order valence-corrected chi connectivity index (χ3v) is 6.21. The third-order valence-electron chi connectivity index (χ3n) is 3.54. The maximum Gasteiger partial charge on any atom is 0.191 e. The highest BCUT2D eigenvalue weighted by Gasteiger charge is 2.12. The first-order valence-electron chi connectivity index (χ1n) is 7.36. The summed E-state index contributed by atoms with van der Waals surface area (Å²) in [7, 11) is 2.00. The Balaban J connectivity index is 1.48. The van der Waals surface area contributed by atoms with Crippen LogP contribution in [-0.4, -0.2) is 19.7 Å². The minimum Gasteiger partial charge on any atom is -0.305 e. The number of thiophene rings is 1. The average Bonchev–Trinajstić information content (AvgIpc) is 3.35. The summed E-state index contributed by atoms with van der Waals surface area (Å²) in [5, 5.41) is 16.9. The number of thioether (sulfide) groups is 1. The maximum atomic E-state index is 4.71. The highest BCUT2D eigenvalue weighted by atomic mass is 32.2. The lowest BCUT2D eigenvalue weighted by Crippen LogP contribution is -1.95. The zero-order chi connectivity index (χ0) is 16.4. The van der Waals surface area contributed by atoms with Crippen molar-refractivity contribution < 1.29 is 0 Å². The summed E-state index contributed by atoms with van der Waals surface area (Å²) in [4.78, 5) is 4.71. The van der Waals surface area contributed by atoms with Gasteiger partial charge in [-0.15, -0.1) is 21.5 Å². The molecule has 1 aromatic carbocycles. The van der Waals surface area contributed by atoms with Gasteiger partial charge in [-0.1, -0.05) is 42.1 Å². The topological polar surface area (TPSA) is 43.6 Å². The van der Waals surface area contributed by atoms with Crippen molar-refractivity contribution in [1.29, 1.82) is 0 Å². The van der Waals surface area contributed by atoms with Crippen LogP contribution in [0.15, 0.2) is 57.7 Å². The maximum absolute atomic E-state index is 4.71. The molecule has 4 rings (SSSR count). The van der Waals surface area contributed by atoms with E-state index in [1.54, 1.807) is 34.4 Å². The number of aromatic nitrogens is 4. The Morgan fingerprint density at radius 1 is 1.04 bits per heavy atom. The van der Waals surface area contributed by atoms with Crippen LogP contribution in [0.1, 0.15) is 5.69 Å². The van der Waals surface area contributed by atoms with Crippen molar-refractivity contribution in [2.75, 3.05) is 0 Å². The second-order valence-corrected chi connectivity index (χ2v) is 7.76. The molecule has 0 radical (unpaired) electrons. The van der Waals surface area contributed by atoms with Gasteiger partial charge in [0.15, 0.2) is 11.0 Å². The highest BCUT2D eigenvalue weighted by Crippen LogP contribution is 2.29. The second-order valence-electron chi connectivity index (χ2n) is 5.18. The van der Waals surface area contributed by atoms with E-state index in [-0.39, 0.29) is 0 Å². The van der Waals surface area contributed by atoms with Gasteiger partial charge in [0.05, 0.1) is 5.69 Å². The Labute approximate surface area is 152 Å². The Kier molecular flexibility index (Phi) is 4.46. The van der Waals surface area contributed by atoms with Crippen molar-refractivity contribution in [3.63, 3.8) is 0 Å². The molecule has 0 amide bonds. The molecule has 7 heteroatoms. The predicted octanol–water partition coefficient (Wildman–Crippen LogP) is 4.96. The molecule has 0 aliphatic rings. The van der Waals surface area contributed by atoms with Crippen LogP contribution in [0.25, 0.3) is 22.0 Å². The number of nitrogens with zero attached hydrogens (tertiary/aromatic N) is 4. The van der Waals surface area contributed by atoms with Crippen LogP contribution in [-0.2, 0) is 12.8 Å². The minimum atomic E-state index is 0.793. The Morgan fingerprint density at radius 2 is 1.92 bits per heavy atom. The first-order valence-corrected chi connectivity index (χ1v) is 10.2. The first kappa shape index (κ1) is 15.6. The lowest BCUT2D eigenvalue weighted by Gasteiger charge is -2.02. The van der Waals surface area contributed by atoms with Crippen LogP contribution in [0.3, 0.4) is 0 Å². The summed E-state index contributed by atoms with van der Waals surface area (Å²) < 4.78 is 2.03. The van der Waals surface area contributed by atoms with Gasteiger partial charge in [-0.05, 0) is 11.4 Å². The molecule has 0 bridgehead atoms. The predicted molar refractivity (Wildman–Crippen MR) is 101 cm³/mol. The van der Waals surface area contributed by atoms with Gasteiger partial charge in [-0.2, -0.15) is 11.3 Å². The summed E-state index contributed by atoms with van der Waals surface area (Å²) in [5.41, 5.74) is 3.36. The molecule has 4 aromatic rings. The fourth-order valence-corrected chi connectivity index (χ4v) is 4.75. The van der Waals surface area contributed by atoms with Crippen LogP contribution in [0.4, 0.5) is 0 Å². The zero-order valence-electron chi connectivity index (χ0n) is 12.9.